The molecule has 0 bridgehead atoms. The molecular formula is C47H59N3O3. The topological polar surface area (TPSA) is 54.0 Å². The van der Waals surface area contributed by atoms with Gasteiger partial charge in [0.2, 0.25) is 0 Å². The highest BCUT2D eigenvalue weighted by Crippen LogP contribution is 2.48. The van der Waals surface area contributed by atoms with E-state index in [1.54, 1.807) is 0 Å². The number of nitrogens with zero attached hydrogens (tertiary/aromatic N) is 2. The van der Waals surface area contributed by atoms with Gasteiger partial charge in [-0.1, -0.05) is 96.2 Å². The highest BCUT2D eigenvalue weighted by molar-refractivity contribution is 5.85. The van der Waals surface area contributed by atoms with E-state index >= 15 is 0 Å². The van der Waals surface area contributed by atoms with Gasteiger partial charge in [0.25, 0.3) is 0 Å². The third-order valence-corrected chi connectivity index (χ3v) is 10.8. The van der Waals surface area contributed by atoms with E-state index in [0.29, 0.717) is 5.69 Å². The standard InChI is InChI=1S/C47H59N3O3/c1-10-31-49-39-21-14-12-19-37(39)46(6,7)41(49)29-23-33-17-16-18-34(24-30-42-47(8,9)38-20-13-15-22-40(38)50(42)32-11-2)43(33)52-36-27-25-35(26-28-36)48-44(51)53-45(3,4)5/h12-15,19-30,41H,10-11,16-18,31-32H2,1-9H3,(H,48,51)/b29-23+,34-24+,42-30+. The van der Waals surface area contributed by atoms with E-state index < -0.39 is 11.7 Å². The Hall–Kier alpha value is -4.71. The number of fused-ring (bicyclic) bond motifs is 2. The molecule has 280 valence electrons. The van der Waals surface area contributed by atoms with E-state index in [2.05, 4.69) is 129 Å². The second kappa shape index (κ2) is 15.3. The second-order valence-electron chi connectivity index (χ2n) is 16.7. The third-order valence-electron chi connectivity index (χ3n) is 10.8. The number of para-hydroxylation sites is 2. The molecule has 1 amide bonds. The molecule has 0 fully saturated rings. The Morgan fingerprint density at radius 1 is 0.849 bits per heavy atom. The first kappa shape index (κ1) is 38.0. The number of amides is 1. The van der Waals surface area contributed by atoms with E-state index in [-0.39, 0.29) is 16.9 Å². The number of anilines is 3. The molecule has 53 heavy (non-hydrogen) atoms. The van der Waals surface area contributed by atoms with E-state index in [1.807, 2.05) is 45.0 Å². The van der Waals surface area contributed by atoms with Gasteiger partial charge in [-0.15, -0.1) is 0 Å². The first-order valence-electron chi connectivity index (χ1n) is 19.6. The second-order valence-corrected chi connectivity index (χ2v) is 16.7. The fraction of sp³-hybridized carbons (Fsp3) is 0.426. The number of ether oxygens (including phenoxy) is 2. The zero-order valence-electron chi connectivity index (χ0n) is 33.4. The molecule has 1 atom stereocenters. The maximum absolute atomic E-state index is 12.4. The van der Waals surface area contributed by atoms with Crippen molar-refractivity contribution in [2.24, 2.45) is 0 Å². The summed E-state index contributed by atoms with van der Waals surface area (Å²) in [5, 5.41) is 2.84. The molecule has 0 radical (unpaired) electrons. The quantitative estimate of drug-likeness (QED) is 0.227. The highest BCUT2D eigenvalue weighted by atomic mass is 16.6. The van der Waals surface area contributed by atoms with Crippen molar-refractivity contribution in [3.8, 4) is 5.75 Å². The van der Waals surface area contributed by atoms with Crippen molar-refractivity contribution in [2.45, 2.75) is 117 Å². The van der Waals surface area contributed by atoms with Crippen LogP contribution >= 0.6 is 0 Å². The average Bonchev–Trinajstić information content (AvgIpc) is 3.45. The molecule has 3 aromatic rings. The normalized spacial score (nSPS) is 20.7. The molecule has 0 spiro atoms. The van der Waals surface area contributed by atoms with Crippen molar-refractivity contribution in [1.82, 2.24) is 0 Å². The number of allylic oxidation sites excluding steroid dienone is 6. The largest absolute Gasteiger partial charge is 0.457 e. The fourth-order valence-corrected chi connectivity index (χ4v) is 8.30. The Morgan fingerprint density at radius 3 is 2.19 bits per heavy atom. The molecule has 6 rings (SSSR count). The molecule has 0 aromatic heterocycles. The number of carbonyl (C=O) groups is 1. The lowest BCUT2D eigenvalue weighted by atomic mass is 9.80. The first-order valence-corrected chi connectivity index (χ1v) is 19.6. The first-order chi connectivity index (χ1) is 25.2. The maximum Gasteiger partial charge on any atom is 0.412 e. The Balaban J connectivity index is 1.38. The van der Waals surface area contributed by atoms with Crippen molar-refractivity contribution in [1.29, 1.82) is 0 Å². The molecule has 1 aliphatic carbocycles. The summed E-state index contributed by atoms with van der Waals surface area (Å²) in [5.74, 6) is 1.64. The van der Waals surface area contributed by atoms with Gasteiger partial charge in [-0.05, 0) is 118 Å². The van der Waals surface area contributed by atoms with Gasteiger partial charge in [-0.3, -0.25) is 5.32 Å². The summed E-state index contributed by atoms with van der Waals surface area (Å²) in [7, 11) is 0. The van der Waals surface area contributed by atoms with E-state index in [9.17, 15) is 4.79 Å². The summed E-state index contributed by atoms with van der Waals surface area (Å²) in [6.45, 7) is 21.5. The highest BCUT2D eigenvalue weighted by Gasteiger charge is 2.43. The minimum Gasteiger partial charge on any atom is -0.457 e. The van der Waals surface area contributed by atoms with Crippen LogP contribution in [-0.4, -0.2) is 30.8 Å². The summed E-state index contributed by atoms with van der Waals surface area (Å²) in [4.78, 5) is 17.5. The molecular weight excluding hydrogens is 655 g/mol. The van der Waals surface area contributed by atoms with Crippen LogP contribution in [0.25, 0.3) is 0 Å². The molecule has 2 heterocycles. The minimum atomic E-state index is -0.573. The van der Waals surface area contributed by atoms with Crippen LogP contribution in [0.4, 0.5) is 21.9 Å². The van der Waals surface area contributed by atoms with Crippen LogP contribution in [0.5, 0.6) is 5.75 Å². The smallest absolute Gasteiger partial charge is 0.412 e. The maximum atomic E-state index is 12.4. The molecule has 2 aliphatic heterocycles. The predicted octanol–water partition coefficient (Wildman–Crippen LogP) is 12.0. The van der Waals surface area contributed by atoms with E-state index in [0.717, 1.165) is 56.7 Å². The summed E-state index contributed by atoms with van der Waals surface area (Å²) in [6.07, 6.45) is 14.0. The fourth-order valence-electron chi connectivity index (χ4n) is 8.30. The molecule has 1 N–H and O–H groups in total. The lowest BCUT2D eigenvalue weighted by Crippen LogP contribution is -2.40. The number of benzene rings is 3. The number of hydrogen-bond acceptors (Lipinski definition) is 5. The van der Waals surface area contributed by atoms with Gasteiger partial charge < -0.3 is 19.3 Å². The number of hydrogen-bond donors (Lipinski definition) is 1. The van der Waals surface area contributed by atoms with Crippen molar-refractivity contribution in [3.63, 3.8) is 0 Å². The van der Waals surface area contributed by atoms with Crippen LogP contribution in [-0.2, 0) is 15.6 Å². The molecule has 0 saturated heterocycles. The zero-order valence-corrected chi connectivity index (χ0v) is 33.4. The van der Waals surface area contributed by atoms with Crippen molar-refractivity contribution < 1.29 is 14.3 Å². The van der Waals surface area contributed by atoms with Gasteiger partial charge in [0, 0.05) is 46.7 Å². The van der Waals surface area contributed by atoms with E-state index in [1.165, 1.54) is 39.3 Å². The van der Waals surface area contributed by atoms with Crippen molar-refractivity contribution in [2.75, 3.05) is 28.2 Å². The Morgan fingerprint density at radius 2 is 1.51 bits per heavy atom. The van der Waals surface area contributed by atoms with Gasteiger partial charge in [0.15, 0.2) is 0 Å². The van der Waals surface area contributed by atoms with Crippen LogP contribution in [0.1, 0.15) is 106 Å². The Labute approximate surface area is 318 Å². The SMILES string of the molecule is CCCN1/C(=C/C=C2\CCCC(/C=C/C3N(CCC)c4ccccc4C3(C)C)=C2Oc2ccc(NC(=O)OC(C)(C)C)cc2)C(C)(C)c2ccccc21. The molecule has 3 aliphatic rings. The van der Waals surface area contributed by atoms with Crippen molar-refractivity contribution >= 4 is 23.2 Å². The van der Waals surface area contributed by atoms with Gasteiger partial charge >= 0.3 is 6.09 Å². The van der Waals surface area contributed by atoms with E-state index in [4.69, 9.17) is 9.47 Å². The van der Waals surface area contributed by atoms with Crippen LogP contribution in [0.3, 0.4) is 0 Å². The Kier molecular flexibility index (Phi) is 11.0. The number of rotatable bonds is 10. The molecule has 1 unspecified atom stereocenters. The van der Waals surface area contributed by atoms with Gasteiger partial charge in [-0.2, -0.15) is 0 Å². The summed E-state index contributed by atoms with van der Waals surface area (Å²) in [6, 6.07) is 25.5. The monoisotopic (exact) mass is 713 g/mol. The zero-order chi connectivity index (χ0) is 38.0. The average molecular weight is 714 g/mol. The lowest BCUT2D eigenvalue weighted by Gasteiger charge is -2.32. The van der Waals surface area contributed by atoms with Crippen LogP contribution < -0.4 is 19.9 Å². The minimum absolute atomic E-state index is 0.0373. The number of nitrogens with one attached hydrogen (secondary N) is 1. The Bertz CT molecular complexity index is 1920. The third kappa shape index (κ3) is 7.97. The molecule has 6 heteroatoms. The van der Waals surface area contributed by atoms with Crippen LogP contribution in [0.2, 0.25) is 0 Å². The van der Waals surface area contributed by atoms with Crippen LogP contribution in [0.15, 0.2) is 120 Å². The van der Waals surface area contributed by atoms with Crippen LogP contribution in [0, 0.1) is 0 Å². The van der Waals surface area contributed by atoms with Gasteiger partial charge in [-0.25, -0.2) is 4.79 Å². The number of carbonyl (C=O) groups excluding carboxylic acids is 1. The molecule has 3 aromatic carbocycles. The van der Waals surface area contributed by atoms with Gasteiger partial charge in [0.05, 0.1) is 6.04 Å². The summed E-state index contributed by atoms with van der Waals surface area (Å²) in [5.41, 5.74) is 9.06. The predicted molar refractivity (Wildman–Crippen MR) is 221 cm³/mol. The summed E-state index contributed by atoms with van der Waals surface area (Å²) >= 11 is 0. The molecule has 0 saturated carbocycles. The molecule has 6 nitrogen and oxygen atoms in total. The van der Waals surface area contributed by atoms with Crippen molar-refractivity contribution in [3.05, 3.63) is 131 Å². The van der Waals surface area contributed by atoms with Gasteiger partial charge in [0.1, 0.15) is 17.1 Å². The lowest BCUT2D eigenvalue weighted by molar-refractivity contribution is 0.0636. The summed E-state index contributed by atoms with van der Waals surface area (Å²) < 4.78 is 12.3.